The van der Waals surface area contributed by atoms with Crippen LogP contribution in [0.1, 0.15) is 40.2 Å². The fraction of sp³-hybridized carbons (Fsp3) is 0.409. The van der Waals surface area contributed by atoms with Gasteiger partial charge in [0.2, 0.25) is 0 Å². The minimum atomic E-state index is -0.493. The zero-order chi connectivity index (χ0) is 22.1. The summed E-state index contributed by atoms with van der Waals surface area (Å²) in [6.07, 6.45) is 3.39. The Morgan fingerprint density at radius 3 is 2.50 bits per heavy atom. The van der Waals surface area contributed by atoms with Gasteiger partial charge in [0, 0.05) is 30.0 Å². The molecule has 3 rings (SSSR count). The van der Waals surface area contributed by atoms with Crippen LogP contribution < -0.4 is 21.9 Å². The van der Waals surface area contributed by atoms with Crippen LogP contribution in [0, 0.1) is 0 Å². The standard InChI is InChI=1S/C22H30N6O2/c1-21(2,3)27-19-18-14(7-9-28(10-11-29)20(18)30)12-17(26-19)25-16-13-15(6-8-24-16)22(4,5)23/h6-9,12-13,29H,10-11,23H2,1-5H3,(H2,24,25,26,27). The fourth-order valence-corrected chi connectivity index (χ4v) is 3.13. The molecule has 0 spiro atoms. The first-order valence-electron chi connectivity index (χ1n) is 9.93. The lowest BCUT2D eigenvalue weighted by molar-refractivity contribution is 0.274. The molecule has 0 bridgehead atoms. The van der Waals surface area contributed by atoms with Gasteiger partial charge >= 0.3 is 0 Å². The predicted molar refractivity (Wildman–Crippen MR) is 121 cm³/mol. The van der Waals surface area contributed by atoms with Crippen LogP contribution in [0.5, 0.6) is 0 Å². The van der Waals surface area contributed by atoms with Gasteiger partial charge in [-0.3, -0.25) is 4.79 Å². The van der Waals surface area contributed by atoms with Gasteiger partial charge in [-0.25, -0.2) is 9.97 Å². The molecule has 3 aromatic rings. The van der Waals surface area contributed by atoms with Crippen LogP contribution >= 0.6 is 0 Å². The molecular formula is C22H30N6O2. The average molecular weight is 411 g/mol. The normalized spacial score (nSPS) is 12.2. The number of pyridine rings is 3. The number of nitrogens with zero attached hydrogens (tertiary/aromatic N) is 3. The maximum Gasteiger partial charge on any atom is 0.262 e. The van der Waals surface area contributed by atoms with Crippen molar-refractivity contribution >= 4 is 28.2 Å². The van der Waals surface area contributed by atoms with Crippen molar-refractivity contribution < 1.29 is 5.11 Å². The molecule has 0 fully saturated rings. The fourth-order valence-electron chi connectivity index (χ4n) is 3.13. The van der Waals surface area contributed by atoms with Crippen molar-refractivity contribution in [3.8, 4) is 0 Å². The first-order valence-corrected chi connectivity index (χ1v) is 9.93. The summed E-state index contributed by atoms with van der Waals surface area (Å²) >= 11 is 0. The zero-order valence-corrected chi connectivity index (χ0v) is 18.2. The Hall–Kier alpha value is -2.97. The number of aromatic nitrogens is 3. The third-order valence-electron chi connectivity index (χ3n) is 4.55. The summed E-state index contributed by atoms with van der Waals surface area (Å²) in [5, 5.41) is 17.0. The van der Waals surface area contributed by atoms with E-state index >= 15 is 0 Å². The maximum absolute atomic E-state index is 13.0. The highest BCUT2D eigenvalue weighted by atomic mass is 16.3. The highest BCUT2D eigenvalue weighted by molar-refractivity contribution is 5.93. The van der Waals surface area contributed by atoms with Crippen LogP contribution in [0.15, 0.2) is 41.5 Å². The second kappa shape index (κ2) is 8.04. The van der Waals surface area contributed by atoms with E-state index in [0.29, 0.717) is 22.8 Å². The van der Waals surface area contributed by atoms with E-state index in [1.807, 2.05) is 58.9 Å². The molecule has 0 saturated carbocycles. The van der Waals surface area contributed by atoms with Crippen molar-refractivity contribution in [3.05, 3.63) is 52.6 Å². The quantitative estimate of drug-likeness (QED) is 0.493. The molecule has 0 aliphatic rings. The molecule has 0 radical (unpaired) electrons. The summed E-state index contributed by atoms with van der Waals surface area (Å²) in [6.45, 7) is 10.0. The van der Waals surface area contributed by atoms with Crippen LogP contribution in [0.2, 0.25) is 0 Å². The Kier molecular flexibility index (Phi) is 5.83. The Balaban J connectivity index is 2.11. The van der Waals surface area contributed by atoms with Crippen LogP contribution in [-0.2, 0) is 12.1 Å². The third kappa shape index (κ3) is 4.95. The molecular weight excluding hydrogens is 380 g/mol. The van der Waals surface area contributed by atoms with Gasteiger partial charge < -0.3 is 26.0 Å². The smallest absolute Gasteiger partial charge is 0.262 e. The van der Waals surface area contributed by atoms with Gasteiger partial charge in [-0.05, 0) is 69.8 Å². The Morgan fingerprint density at radius 1 is 1.13 bits per heavy atom. The average Bonchev–Trinajstić information content (AvgIpc) is 2.62. The molecule has 8 heteroatoms. The molecule has 0 aromatic carbocycles. The number of hydrogen-bond donors (Lipinski definition) is 4. The van der Waals surface area contributed by atoms with Gasteiger partial charge in [-0.1, -0.05) is 0 Å². The summed E-state index contributed by atoms with van der Waals surface area (Å²) in [5.74, 6) is 1.66. The van der Waals surface area contributed by atoms with E-state index in [1.165, 1.54) is 4.57 Å². The van der Waals surface area contributed by atoms with Crippen molar-refractivity contribution in [2.45, 2.75) is 52.2 Å². The second-order valence-corrected chi connectivity index (χ2v) is 9.01. The largest absolute Gasteiger partial charge is 0.395 e. The highest BCUT2D eigenvalue weighted by Gasteiger charge is 2.18. The molecule has 3 aromatic heterocycles. The van der Waals surface area contributed by atoms with Crippen LogP contribution in [0.3, 0.4) is 0 Å². The topological polar surface area (TPSA) is 118 Å². The van der Waals surface area contributed by atoms with Crippen LogP contribution in [-0.4, -0.2) is 31.8 Å². The highest BCUT2D eigenvalue weighted by Crippen LogP contribution is 2.27. The van der Waals surface area contributed by atoms with Crippen LogP contribution in [0.4, 0.5) is 17.5 Å². The molecule has 5 N–H and O–H groups in total. The summed E-state index contributed by atoms with van der Waals surface area (Å²) in [5.41, 5.74) is 6.16. The number of rotatable bonds is 6. The summed E-state index contributed by atoms with van der Waals surface area (Å²) in [4.78, 5) is 22.0. The van der Waals surface area contributed by atoms with E-state index in [0.717, 1.165) is 10.9 Å². The van der Waals surface area contributed by atoms with Gasteiger partial charge in [0.15, 0.2) is 0 Å². The molecule has 30 heavy (non-hydrogen) atoms. The minimum Gasteiger partial charge on any atom is -0.395 e. The molecule has 160 valence electrons. The summed E-state index contributed by atoms with van der Waals surface area (Å²) in [7, 11) is 0. The molecule has 0 aliphatic heterocycles. The second-order valence-electron chi connectivity index (χ2n) is 9.01. The van der Waals surface area contributed by atoms with E-state index in [9.17, 15) is 9.90 Å². The van der Waals surface area contributed by atoms with Gasteiger partial charge in [0.05, 0.1) is 12.0 Å². The van der Waals surface area contributed by atoms with Crippen molar-refractivity contribution in [1.29, 1.82) is 0 Å². The van der Waals surface area contributed by atoms with Gasteiger partial charge in [0.1, 0.15) is 17.5 Å². The van der Waals surface area contributed by atoms with E-state index in [2.05, 4.69) is 20.6 Å². The lowest BCUT2D eigenvalue weighted by Gasteiger charge is -2.23. The van der Waals surface area contributed by atoms with E-state index in [4.69, 9.17) is 5.73 Å². The van der Waals surface area contributed by atoms with E-state index < -0.39 is 5.54 Å². The number of aliphatic hydroxyl groups is 1. The molecule has 0 saturated heterocycles. The first-order chi connectivity index (χ1) is 14.0. The maximum atomic E-state index is 13.0. The molecule has 3 heterocycles. The Morgan fingerprint density at radius 2 is 1.87 bits per heavy atom. The Labute approximate surface area is 176 Å². The van der Waals surface area contributed by atoms with Crippen molar-refractivity contribution in [1.82, 2.24) is 14.5 Å². The van der Waals surface area contributed by atoms with Gasteiger partial charge in [0.25, 0.3) is 5.56 Å². The van der Waals surface area contributed by atoms with E-state index in [-0.39, 0.29) is 24.2 Å². The predicted octanol–water partition coefficient (Wildman–Crippen LogP) is 2.93. The molecule has 0 amide bonds. The lowest BCUT2D eigenvalue weighted by atomic mass is 9.97. The molecule has 0 atom stereocenters. The number of fused-ring (bicyclic) bond motifs is 1. The zero-order valence-electron chi connectivity index (χ0n) is 18.2. The molecule has 8 nitrogen and oxygen atoms in total. The number of anilines is 3. The first kappa shape index (κ1) is 21.7. The molecule has 0 unspecified atom stereocenters. The van der Waals surface area contributed by atoms with Gasteiger partial charge in [-0.15, -0.1) is 0 Å². The van der Waals surface area contributed by atoms with Crippen molar-refractivity contribution in [2.24, 2.45) is 5.73 Å². The third-order valence-corrected chi connectivity index (χ3v) is 4.55. The minimum absolute atomic E-state index is 0.111. The van der Waals surface area contributed by atoms with Crippen molar-refractivity contribution in [3.63, 3.8) is 0 Å². The Bertz CT molecular complexity index is 1110. The van der Waals surface area contributed by atoms with Crippen LogP contribution in [0.25, 0.3) is 10.8 Å². The SMILES string of the molecule is CC(C)(C)Nc1nc(Nc2cc(C(C)(C)N)ccn2)cc2ccn(CCO)c(=O)c12. The number of hydrogen-bond acceptors (Lipinski definition) is 7. The summed E-state index contributed by atoms with van der Waals surface area (Å²) in [6, 6.07) is 7.44. The van der Waals surface area contributed by atoms with Gasteiger partial charge in [-0.2, -0.15) is 0 Å². The summed E-state index contributed by atoms with van der Waals surface area (Å²) < 4.78 is 1.49. The molecule has 0 aliphatic carbocycles. The lowest BCUT2D eigenvalue weighted by Crippen LogP contribution is -2.29. The number of nitrogens with two attached hydrogens (primary N) is 1. The van der Waals surface area contributed by atoms with Crippen molar-refractivity contribution in [2.75, 3.05) is 17.2 Å². The number of nitrogens with one attached hydrogen (secondary N) is 2. The monoisotopic (exact) mass is 410 g/mol. The number of aliphatic hydroxyl groups excluding tert-OH is 1. The van der Waals surface area contributed by atoms with E-state index in [1.54, 1.807) is 12.4 Å².